The molecular formula is C14H17N3O2. The molecule has 0 saturated carbocycles. The van der Waals surface area contributed by atoms with E-state index in [-0.39, 0.29) is 11.8 Å². The lowest BCUT2D eigenvalue weighted by Gasteiger charge is -2.18. The number of nitrogens with one attached hydrogen (secondary N) is 2. The van der Waals surface area contributed by atoms with Crippen LogP contribution in [0.15, 0.2) is 24.3 Å². The van der Waals surface area contributed by atoms with Gasteiger partial charge in [0.15, 0.2) is 0 Å². The Morgan fingerprint density at radius 2 is 1.68 bits per heavy atom. The first-order valence-corrected chi connectivity index (χ1v) is 6.01. The van der Waals surface area contributed by atoms with Gasteiger partial charge in [0.2, 0.25) is 11.8 Å². The second-order valence-electron chi connectivity index (χ2n) is 4.51. The molecule has 0 aliphatic carbocycles. The van der Waals surface area contributed by atoms with Crippen molar-refractivity contribution in [1.82, 2.24) is 0 Å². The van der Waals surface area contributed by atoms with Gasteiger partial charge in [0.05, 0.1) is 6.07 Å². The van der Waals surface area contributed by atoms with Crippen molar-refractivity contribution in [2.45, 2.75) is 27.2 Å². The number of anilines is 2. The van der Waals surface area contributed by atoms with E-state index in [4.69, 9.17) is 5.26 Å². The van der Waals surface area contributed by atoms with E-state index in [9.17, 15) is 9.59 Å². The van der Waals surface area contributed by atoms with Crippen LogP contribution >= 0.6 is 0 Å². The van der Waals surface area contributed by atoms with Gasteiger partial charge in [-0.3, -0.25) is 9.59 Å². The Hall–Kier alpha value is -2.35. The number of rotatable bonds is 4. The van der Waals surface area contributed by atoms with E-state index in [2.05, 4.69) is 10.6 Å². The summed E-state index contributed by atoms with van der Waals surface area (Å²) < 4.78 is 0. The average Bonchev–Trinajstić information content (AvgIpc) is 2.39. The van der Waals surface area contributed by atoms with Crippen LogP contribution in [0.2, 0.25) is 0 Å². The van der Waals surface area contributed by atoms with E-state index >= 15 is 0 Å². The van der Waals surface area contributed by atoms with Crippen molar-refractivity contribution in [3.05, 3.63) is 24.3 Å². The first-order valence-electron chi connectivity index (χ1n) is 6.01. The van der Waals surface area contributed by atoms with Gasteiger partial charge in [0.25, 0.3) is 0 Å². The van der Waals surface area contributed by atoms with Crippen LogP contribution in [0.25, 0.3) is 0 Å². The zero-order chi connectivity index (χ0) is 14.5. The van der Waals surface area contributed by atoms with Crippen LogP contribution in [-0.2, 0) is 9.59 Å². The molecule has 0 heterocycles. The van der Waals surface area contributed by atoms with Crippen molar-refractivity contribution in [1.29, 1.82) is 5.26 Å². The molecule has 5 nitrogen and oxygen atoms in total. The van der Waals surface area contributed by atoms with Crippen molar-refractivity contribution in [2.75, 3.05) is 10.6 Å². The molecule has 0 spiro atoms. The zero-order valence-corrected chi connectivity index (χ0v) is 11.3. The zero-order valence-electron chi connectivity index (χ0n) is 11.3. The van der Waals surface area contributed by atoms with Gasteiger partial charge < -0.3 is 10.6 Å². The Kier molecular flexibility index (Phi) is 4.65. The van der Waals surface area contributed by atoms with Gasteiger partial charge in [-0.2, -0.15) is 5.26 Å². The molecule has 0 radical (unpaired) electrons. The maximum atomic E-state index is 12.0. The second-order valence-corrected chi connectivity index (χ2v) is 4.51. The molecule has 2 amide bonds. The second kappa shape index (κ2) is 6.01. The highest BCUT2D eigenvalue weighted by molar-refractivity contribution is 5.97. The molecule has 0 fully saturated rings. The number of hydrogen-bond acceptors (Lipinski definition) is 3. The normalized spacial score (nSPS) is 12.9. The Labute approximate surface area is 112 Å². The van der Waals surface area contributed by atoms with Gasteiger partial charge >= 0.3 is 0 Å². The molecule has 0 aliphatic rings. The maximum Gasteiger partial charge on any atom is 0.244 e. The van der Waals surface area contributed by atoms with Crippen LogP contribution in [-0.4, -0.2) is 11.8 Å². The minimum Gasteiger partial charge on any atom is -0.326 e. The monoisotopic (exact) mass is 259 g/mol. The molecule has 19 heavy (non-hydrogen) atoms. The predicted molar refractivity (Wildman–Crippen MR) is 73.4 cm³/mol. The Balaban J connectivity index is 2.76. The highest BCUT2D eigenvalue weighted by Crippen LogP contribution is 2.23. The summed E-state index contributed by atoms with van der Waals surface area (Å²) in [5.41, 5.74) is 0.217. The minimum absolute atomic E-state index is 0.153. The predicted octanol–water partition coefficient (Wildman–Crippen LogP) is 2.52. The molecule has 0 bridgehead atoms. The molecule has 100 valence electrons. The summed E-state index contributed by atoms with van der Waals surface area (Å²) in [6.45, 7) is 4.83. The SMILES string of the molecule is CCC(C)(C#N)C(=O)Nc1ccc(NC(C)=O)cc1. The molecule has 1 aromatic rings. The lowest BCUT2D eigenvalue weighted by molar-refractivity contribution is -0.122. The number of nitriles is 1. The summed E-state index contributed by atoms with van der Waals surface area (Å²) in [6, 6.07) is 8.75. The average molecular weight is 259 g/mol. The molecule has 0 aliphatic heterocycles. The van der Waals surface area contributed by atoms with Gasteiger partial charge in [-0.25, -0.2) is 0 Å². The van der Waals surface area contributed by atoms with Crippen LogP contribution in [0.1, 0.15) is 27.2 Å². The van der Waals surface area contributed by atoms with Gasteiger partial charge in [-0.15, -0.1) is 0 Å². The third kappa shape index (κ3) is 3.81. The van der Waals surface area contributed by atoms with Crippen LogP contribution in [0.3, 0.4) is 0 Å². The van der Waals surface area contributed by atoms with Crippen molar-refractivity contribution in [3.63, 3.8) is 0 Å². The first kappa shape index (κ1) is 14.7. The summed E-state index contributed by atoms with van der Waals surface area (Å²) in [5.74, 6) is -0.482. The highest BCUT2D eigenvalue weighted by Gasteiger charge is 2.31. The third-order valence-corrected chi connectivity index (χ3v) is 2.92. The van der Waals surface area contributed by atoms with Crippen LogP contribution in [0.5, 0.6) is 0 Å². The topological polar surface area (TPSA) is 82.0 Å². The van der Waals surface area contributed by atoms with Crippen molar-refractivity contribution < 1.29 is 9.59 Å². The Morgan fingerprint density at radius 3 is 2.05 bits per heavy atom. The summed E-state index contributed by atoms with van der Waals surface area (Å²) >= 11 is 0. The number of benzene rings is 1. The molecule has 1 unspecified atom stereocenters. The number of carbonyl (C=O) groups excluding carboxylic acids is 2. The van der Waals surface area contributed by atoms with E-state index in [0.29, 0.717) is 17.8 Å². The van der Waals surface area contributed by atoms with Gasteiger partial charge in [-0.1, -0.05) is 6.92 Å². The van der Waals surface area contributed by atoms with Crippen molar-refractivity contribution in [3.8, 4) is 6.07 Å². The summed E-state index contributed by atoms with van der Waals surface area (Å²) in [5, 5.41) is 14.3. The number of hydrogen-bond donors (Lipinski definition) is 2. The van der Waals surface area contributed by atoms with Crippen LogP contribution in [0, 0.1) is 16.7 Å². The van der Waals surface area contributed by atoms with Crippen molar-refractivity contribution in [2.24, 2.45) is 5.41 Å². The van der Waals surface area contributed by atoms with Crippen LogP contribution in [0.4, 0.5) is 11.4 Å². The third-order valence-electron chi connectivity index (χ3n) is 2.92. The molecule has 1 atom stereocenters. The standard InChI is InChI=1S/C14H17N3O2/c1-4-14(3,9-15)13(19)17-12-7-5-11(6-8-12)16-10(2)18/h5-8H,4H2,1-3H3,(H,16,18)(H,17,19). The van der Waals surface area contributed by atoms with E-state index in [0.717, 1.165) is 0 Å². The lowest BCUT2D eigenvalue weighted by Crippen LogP contribution is -2.31. The molecule has 5 heteroatoms. The summed E-state index contributed by atoms with van der Waals surface area (Å²) in [6.07, 6.45) is 0.444. The molecule has 1 aromatic carbocycles. The van der Waals surface area contributed by atoms with Crippen molar-refractivity contribution >= 4 is 23.2 Å². The molecule has 0 aromatic heterocycles. The molecular weight excluding hydrogens is 242 g/mol. The Bertz CT molecular complexity index is 516. The molecule has 2 N–H and O–H groups in total. The number of nitrogens with zero attached hydrogens (tertiary/aromatic N) is 1. The highest BCUT2D eigenvalue weighted by atomic mass is 16.2. The fraction of sp³-hybridized carbons (Fsp3) is 0.357. The molecule has 0 saturated heterocycles. The smallest absolute Gasteiger partial charge is 0.244 e. The van der Waals surface area contributed by atoms with E-state index in [1.54, 1.807) is 38.1 Å². The van der Waals surface area contributed by atoms with Crippen LogP contribution < -0.4 is 10.6 Å². The first-order chi connectivity index (χ1) is 8.91. The maximum absolute atomic E-state index is 12.0. The Morgan fingerprint density at radius 1 is 1.21 bits per heavy atom. The van der Waals surface area contributed by atoms with E-state index < -0.39 is 5.41 Å². The van der Waals surface area contributed by atoms with Gasteiger partial charge in [0.1, 0.15) is 5.41 Å². The summed E-state index contributed by atoms with van der Waals surface area (Å²) in [4.78, 5) is 22.8. The number of amides is 2. The largest absolute Gasteiger partial charge is 0.326 e. The van der Waals surface area contributed by atoms with Gasteiger partial charge in [0, 0.05) is 18.3 Å². The number of carbonyl (C=O) groups is 2. The quantitative estimate of drug-likeness (QED) is 0.871. The van der Waals surface area contributed by atoms with E-state index in [1.807, 2.05) is 6.07 Å². The van der Waals surface area contributed by atoms with E-state index in [1.165, 1.54) is 6.92 Å². The molecule has 1 rings (SSSR count). The lowest BCUT2D eigenvalue weighted by atomic mass is 9.88. The van der Waals surface area contributed by atoms with Gasteiger partial charge in [-0.05, 0) is 37.6 Å². The fourth-order valence-corrected chi connectivity index (χ4v) is 1.40. The summed E-state index contributed by atoms with van der Waals surface area (Å²) in [7, 11) is 0. The minimum atomic E-state index is -1.03. The fourth-order valence-electron chi connectivity index (χ4n) is 1.40.